The molecule has 3 rings (SSSR count). The first-order valence-corrected chi connectivity index (χ1v) is 7.50. The highest BCUT2D eigenvalue weighted by Gasteiger charge is 2.38. The minimum absolute atomic E-state index is 0.0521. The highest BCUT2D eigenvalue weighted by molar-refractivity contribution is 5.92. The number of esters is 1. The Hall–Kier alpha value is -3.22. The van der Waals surface area contributed by atoms with Gasteiger partial charge in [0.15, 0.2) is 0 Å². The fraction of sp³-hybridized carbons (Fsp3) is 0.222. The molecule has 0 saturated carbocycles. The van der Waals surface area contributed by atoms with Crippen LogP contribution in [0.4, 0.5) is 0 Å². The molecule has 0 spiro atoms. The van der Waals surface area contributed by atoms with Gasteiger partial charge in [-0.2, -0.15) is 0 Å². The quantitative estimate of drug-likeness (QED) is 0.848. The third-order valence-corrected chi connectivity index (χ3v) is 3.99. The van der Waals surface area contributed by atoms with Gasteiger partial charge in [-0.3, -0.25) is 0 Å². The minimum atomic E-state index is -0.765. The summed E-state index contributed by atoms with van der Waals surface area (Å²) in [5, 5.41) is 0. The summed E-state index contributed by atoms with van der Waals surface area (Å²) in [4.78, 5) is 24.7. The SMILES string of the molecule is COC(=O)C1=C(N)Oc2cc(C)oc(=O)c2[C@H]1c1ccc(OC)cc1. The third-order valence-electron chi connectivity index (χ3n) is 3.99. The molecule has 0 amide bonds. The Labute approximate surface area is 143 Å². The maximum atomic E-state index is 12.5. The van der Waals surface area contributed by atoms with Crippen molar-refractivity contribution in [1.82, 2.24) is 0 Å². The molecule has 7 heteroatoms. The molecule has 25 heavy (non-hydrogen) atoms. The molecule has 1 aliphatic heterocycles. The van der Waals surface area contributed by atoms with Gasteiger partial charge in [-0.05, 0) is 24.6 Å². The standard InChI is InChI=1S/C18H17NO6/c1-9-8-12-14(18(21)24-9)13(10-4-6-11(22-2)7-5-10)15(16(19)25-12)17(20)23-3/h4-8,13H,19H2,1-3H3/t13-/m1/s1. The molecule has 1 aliphatic rings. The van der Waals surface area contributed by atoms with Crippen LogP contribution < -0.4 is 20.8 Å². The molecule has 0 radical (unpaired) electrons. The van der Waals surface area contributed by atoms with Crippen LogP contribution in [0.15, 0.2) is 51.0 Å². The molecule has 2 aromatic rings. The predicted molar refractivity (Wildman–Crippen MR) is 88.4 cm³/mol. The molecule has 2 heterocycles. The second-order valence-corrected chi connectivity index (χ2v) is 5.50. The van der Waals surface area contributed by atoms with E-state index in [1.54, 1.807) is 44.4 Å². The van der Waals surface area contributed by atoms with Gasteiger partial charge >= 0.3 is 11.6 Å². The fourth-order valence-electron chi connectivity index (χ4n) is 2.86. The predicted octanol–water partition coefficient (Wildman–Crippen LogP) is 1.82. The monoisotopic (exact) mass is 343 g/mol. The Balaban J connectivity index is 2.26. The van der Waals surface area contributed by atoms with Crippen molar-refractivity contribution >= 4 is 5.97 Å². The lowest BCUT2D eigenvalue weighted by molar-refractivity contribution is -0.136. The molecule has 1 aromatic carbocycles. The average Bonchev–Trinajstić information content (AvgIpc) is 2.59. The molecule has 0 bridgehead atoms. The summed E-state index contributed by atoms with van der Waals surface area (Å²) in [5.74, 6) is -0.261. The van der Waals surface area contributed by atoms with Crippen molar-refractivity contribution in [3.63, 3.8) is 0 Å². The Morgan fingerprint density at radius 2 is 1.88 bits per heavy atom. The van der Waals surface area contributed by atoms with Crippen LogP contribution in [0.3, 0.4) is 0 Å². The summed E-state index contributed by atoms with van der Waals surface area (Å²) in [6.45, 7) is 1.63. The second kappa shape index (κ2) is 6.35. The Bertz CT molecular complexity index is 910. The van der Waals surface area contributed by atoms with Crippen LogP contribution in [0.5, 0.6) is 11.5 Å². The van der Waals surface area contributed by atoms with E-state index in [2.05, 4.69) is 0 Å². The number of nitrogens with two attached hydrogens (primary N) is 1. The number of rotatable bonds is 3. The first kappa shape index (κ1) is 16.6. The Kier molecular flexibility index (Phi) is 4.22. The van der Waals surface area contributed by atoms with Crippen molar-refractivity contribution in [3.8, 4) is 11.5 Å². The molecular formula is C18H17NO6. The number of hydrogen-bond donors (Lipinski definition) is 1. The maximum Gasteiger partial charge on any atom is 0.343 e. The molecule has 130 valence electrons. The van der Waals surface area contributed by atoms with Crippen molar-refractivity contribution < 1.29 is 23.4 Å². The van der Waals surface area contributed by atoms with E-state index in [0.717, 1.165) is 0 Å². The van der Waals surface area contributed by atoms with E-state index in [0.29, 0.717) is 17.1 Å². The molecule has 0 aliphatic carbocycles. The second-order valence-electron chi connectivity index (χ2n) is 5.50. The van der Waals surface area contributed by atoms with E-state index in [1.807, 2.05) is 0 Å². The van der Waals surface area contributed by atoms with Gasteiger partial charge in [0.05, 0.1) is 25.7 Å². The van der Waals surface area contributed by atoms with Gasteiger partial charge in [-0.25, -0.2) is 9.59 Å². The smallest absolute Gasteiger partial charge is 0.343 e. The molecule has 7 nitrogen and oxygen atoms in total. The number of carbonyl (C=O) groups is 1. The molecule has 1 atom stereocenters. The van der Waals surface area contributed by atoms with Gasteiger partial charge in [0.25, 0.3) is 0 Å². The normalized spacial score (nSPS) is 16.0. The molecule has 2 N–H and O–H groups in total. The lowest BCUT2D eigenvalue weighted by Gasteiger charge is -2.27. The Morgan fingerprint density at radius 1 is 1.20 bits per heavy atom. The largest absolute Gasteiger partial charge is 0.497 e. The van der Waals surface area contributed by atoms with Crippen molar-refractivity contribution in [2.24, 2.45) is 5.73 Å². The zero-order chi connectivity index (χ0) is 18.1. The van der Waals surface area contributed by atoms with E-state index < -0.39 is 17.5 Å². The summed E-state index contributed by atoms with van der Waals surface area (Å²) >= 11 is 0. The van der Waals surface area contributed by atoms with Crippen molar-refractivity contribution in [2.45, 2.75) is 12.8 Å². The summed E-state index contributed by atoms with van der Waals surface area (Å²) in [6.07, 6.45) is 0. The van der Waals surface area contributed by atoms with Gasteiger partial charge in [0, 0.05) is 6.07 Å². The topological polar surface area (TPSA) is 101 Å². The number of ether oxygens (including phenoxy) is 3. The summed E-state index contributed by atoms with van der Waals surface area (Å²) < 4.78 is 20.7. The lowest BCUT2D eigenvalue weighted by atomic mass is 9.84. The number of carbonyl (C=O) groups excluding carboxylic acids is 1. The van der Waals surface area contributed by atoms with Crippen LogP contribution in [0.1, 0.15) is 22.8 Å². The summed E-state index contributed by atoms with van der Waals surface area (Å²) in [5.41, 5.74) is 6.27. The van der Waals surface area contributed by atoms with Crippen LogP contribution in [-0.4, -0.2) is 20.2 Å². The minimum Gasteiger partial charge on any atom is -0.497 e. The van der Waals surface area contributed by atoms with Crippen LogP contribution in [0.25, 0.3) is 0 Å². The van der Waals surface area contributed by atoms with Crippen LogP contribution in [-0.2, 0) is 9.53 Å². The fourth-order valence-corrected chi connectivity index (χ4v) is 2.86. The molecule has 0 unspecified atom stereocenters. The Morgan fingerprint density at radius 3 is 2.48 bits per heavy atom. The van der Waals surface area contributed by atoms with E-state index >= 15 is 0 Å². The zero-order valence-corrected chi connectivity index (χ0v) is 14.0. The molecule has 0 fully saturated rings. The van der Waals surface area contributed by atoms with Gasteiger partial charge in [-0.1, -0.05) is 12.1 Å². The van der Waals surface area contributed by atoms with Gasteiger partial charge in [0.1, 0.15) is 22.8 Å². The van der Waals surface area contributed by atoms with E-state index in [9.17, 15) is 9.59 Å². The summed E-state index contributed by atoms with van der Waals surface area (Å²) in [6, 6.07) is 8.51. The zero-order valence-electron chi connectivity index (χ0n) is 14.0. The summed E-state index contributed by atoms with van der Waals surface area (Å²) in [7, 11) is 2.79. The van der Waals surface area contributed by atoms with E-state index in [1.165, 1.54) is 7.11 Å². The van der Waals surface area contributed by atoms with Crippen molar-refractivity contribution in [3.05, 3.63) is 69.1 Å². The van der Waals surface area contributed by atoms with Gasteiger partial charge in [-0.15, -0.1) is 0 Å². The van der Waals surface area contributed by atoms with Crippen molar-refractivity contribution in [2.75, 3.05) is 14.2 Å². The van der Waals surface area contributed by atoms with E-state index in [4.69, 9.17) is 24.4 Å². The lowest BCUT2D eigenvalue weighted by Crippen LogP contribution is -2.30. The van der Waals surface area contributed by atoms with Crippen LogP contribution in [0.2, 0.25) is 0 Å². The number of fused-ring (bicyclic) bond motifs is 1. The highest BCUT2D eigenvalue weighted by atomic mass is 16.5. The van der Waals surface area contributed by atoms with Crippen LogP contribution >= 0.6 is 0 Å². The number of benzene rings is 1. The highest BCUT2D eigenvalue weighted by Crippen LogP contribution is 2.41. The number of aryl methyl sites for hydroxylation is 1. The van der Waals surface area contributed by atoms with Gasteiger partial charge < -0.3 is 24.4 Å². The number of methoxy groups -OCH3 is 2. The van der Waals surface area contributed by atoms with E-state index in [-0.39, 0.29) is 22.8 Å². The van der Waals surface area contributed by atoms with Gasteiger partial charge in [0.2, 0.25) is 5.88 Å². The van der Waals surface area contributed by atoms with Crippen LogP contribution in [0, 0.1) is 6.92 Å². The number of hydrogen-bond acceptors (Lipinski definition) is 7. The molecular weight excluding hydrogens is 326 g/mol. The first-order chi connectivity index (χ1) is 12.0. The first-order valence-electron chi connectivity index (χ1n) is 7.50. The van der Waals surface area contributed by atoms with Crippen molar-refractivity contribution in [1.29, 1.82) is 0 Å². The molecule has 0 saturated heterocycles. The molecule has 1 aromatic heterocycles. The average molecular weight is 343 g/mol. The maximum absolute atomic E-state index is 12.5. The third kappa shape index (κ3) is 2.84.